The number of hydrogen-bond acceptors (Lipinski definition) is 3. The van der Waals surface area contributed by atoms with Gasteiger partial charge in [-0.2, -0.15) is 0 Å². The van der Waals surface area contributed by atoms with Crippen LogP contribution in [0.2, 0.25) is 5.15 Å². The first-order valence-electron chi connectivity index (χ1n) is 4.53. The number of rotatable bonds is 3. The van der Waals surface area contributed by atoms with Crippen LogP contribution in [0.15, 0.2) is 24.3 Å². The van der Waals surface area contributed by atoms with E-state index in [4.69, 9.17) is 11.6 Å². The van der Waals surface area contributed by atoms with Gasteiger partial charge in [0, 0.05) is 11.9 Å². The second kappa shape index (κ2) is 4.77. The lowest BCUT2D eigenvalue weighted by atomic mass is 10.3. The first-order valence-corrected chi connectivity index (χ1v) is 6.03. The lowest BCUT2D eigenvalue weighted by Gasteiger charge is -2.06. The number of nitrogens with one attached hydrogen (secondary N) is 1. The summed E-state index contributed by atoms with van der Waals surface area (Å²) in [6, 6.07) is 7.65. The minimum absolute atomic E-state index is 0.412. The van der Waals surface area contributed by atoms with Gasteiger partial charge in [-0.1, -0.05) is 39.7 Å². The molecule has 0 amide bonds. The zero-order valence-corrected chi connectivity index (χ0v) is 10.2. The van der Waals surface area contributed by atoms with Crippen molar-refractivity contribution in [3.63, 3.8) is 0 Å². The highest BCUT2D eigenvalue weighted by molar-refractivity contribution is 9.09. The van der Waals surface area contributed by atoms with E-state index in [-0.39, 0.29) is 0 Å². The molecule has 0 spiro atoms. The Morgan fingerprint density at radius 1 is 1.20 bits per heavy atom. The molecule has 0 radical (unpaired) electrons. The first-order chi connectivity index (χ1) is 7.31. The summed E-state index contributed by atoms with van der Waals surface area (Å²) in [5.41, 5.74) is 1.66. The number of alkyl halides is 1. The maximum absolute atomic E-state index is 5.99. The SMILES string of the molecule is Clc1nc2ccccc2nc1NCCBr. The maximum Gasteiger partial charge on any atom is 0.172 e. The van der Waals surface area contributed by atoms with Crippen LogP contribution in [0.25, 0.3) is 11.0 Å². The number of aromatic nitrogens is 2. The maximum atomic E-state index is 5.99. The Balaban J connectivity index is 2.43. The fourth-order valence-corrected chi connectivity index (χ4v) is 1.66. The molecule has 15 heavy (non-hydrogen) atoms. The van der Waals surface area contributed by atoms with Crippen molar-refractivity contribution in [2.75, 3.05) is 17.2 Å². The third kappa shape index (κ3) is 2.38. The first kappa shape index (κ1) is 10.6. The van der Waals surface area contributed by atoms with E-state index in [1.165, 1.54) is 0 Å². The molecule has 0 aliphatic carbocycles. The van der Waals surface area contributed by atoms with Crippen LogP contribution in [0.3, 0.4) is 0 Å². The van der Waals surface area contributed by atoms with Gasteiger partial charge in [0.1, 0.15) is 0 Å². The number of hydrogen-bond donors (Lipinski definition) is 1. The van der Waals surface area contributed by atoms with E-state index in [1.54, 1.807) is 0 Å². The van der Waals surface area contributed by atoms with E-state index >= 15 is 0 Å². The van der Waals surface area contributed by atoms with Crippen LogP contribution in [0.5, 0.6) is 0 Å². The van der Waals surface area contributed by atoms with Crippen molar-refractivity contribution in [3.8, 4) is 0 Å². The van der Waals surface area contributed by atoms with Crippen molar-refractivity contribution in [3.05, 3.63) is 29.4 Å². The molecule has 1 N–H and O–H groups in total. The number of anilines is 1. The Hall–Kier alpha value is -0.870. The van der Waals surface area contributed by atoms with Crippen LogP contribution in [-0.4, -0.2) is 21.8 Å². The molecule has 2 aromatic rings. The number of fused-ring (bicyclic) bond motifs is 1. The second-order valence-electron chi connectivity index (χ2n) is 2.97. The molecule has 0 aliphatic rings. The molecule has 0 atom stereocenters. The second-order valence-corrected chi connectivity index (χ2v) is 4.12. The summed E-state index contributed by atoms with van der Waals surface area (Å²) in [5.74, 6) is 0.634. The van der Waals surface area contributed by atoms with Gasteiger partial charge in [0.25, 0.3) is 0 Å². The largest absolute Gasteiger partial charge is 0.367 e. The number of para-hydroxylation sites is 2. The molecule has 0 saturated carbocycles. The highest BCUT2D eigenvalue weighted by atomic mass is 79.9. The zero-order chi connectivity index (χ0) is 10.7. The molecule has 1 aromatic heterocycles. The Bertz CT molecular complexity index is 475. The van der Waals surface area contributed by atoms with E-state index < -0.39 is 0 Å². The van der Waals surface area contributed by atoms with Gasteiger partial charge in [0.2, 0.25) is 0 Å². The molecule has 0 fully saturated rings. The third-order valence-corrected chi connectivity index (χ3v) is 2.57. The van der Waals surface area contributed by atoms with E-state index in [2.05, 4.69) is 31.2 Å². The molecule has 78 valence electrons. The molecule has 5 heteroatoms. The highest BCUT2D eigenvalue weighted by Crippen LogP contribution is 2.20. The van der Waals surface area contributed by atoms with Crippen LogP contribution in [-0.2, 0) is 0 Å². The lowest BCUT2D eigenvalue weighted by Crippen LogP contribution is -2.05. The van der Waals surface area contributed by atoms with Gasteiger partial charge in [-0.3, -0.25) is 0 Å². The van der Waals surface area contributed by atoms with Crippen LogP contribution in [0.4, 0.5) is 5.82 Å². The van der Waals surface area contributed by atoms with E-state index in [1.807, 2.05) is 24.3 Å². The summed E-state index contributed by atoms with van der Waals surface area (Å²) >= 11 is 9.31. The van der Waals surface area contributed by atoms with Crippen LogP contribution < -0.4 is 5.32 Å². The number of benzene rings is 1. The van der Waals surface area contributed by atoms with E-state index in [9.17, 15) is 0 Å². The van der Waals surface area contributed by atoms with Crippen LogP contribution in [0, 0.1) is 0 Å². The topological polar surface area (TPSA) is 37.8 Å². The molecule has 1 heterocycles. The molecule has 0 aliphatic heterocycles. The van der Waals surface area contributed by atoms with Crippen LogP contribution >= 0.6 is 27.5 Å². The van der Waals surface area contributed by atoms with Crippen LogP contribution in [0.1, 0.15) is 0 Å². The average Bonchev–Trinajstić information content (AvgIpc) is 2.26. The lowest BCUT2D eigenvalue weighted by molar-refractivity contribution is 1.17. The molecule has 3 nitrogen and oxygen atoms in total. The van der Waals surface area contributed by atoms with Gasteiger partial charge in [-0.25, -0.2) is 9.97 Å². The standard InChI is InChI=1S/C10H9BrClN3/c11-5-6-13-10-9(12)14-7-3-1-2-4-8(7)15-10/h1-4H,5-6H2,(H,13,15). The van der Waals surface area contributed by atoms with Crippen molar-refractivity contribution in [1.29, 1.82) is 0 Å². The number of halogens is 2. The summed E-state index contributed by atoms with van der Waals surface area (Å²) in [5, 5.41) is 4.36. The number of nitrogens with zero attached hydrogens (tertiary/aromatic N) is 2. The predicted octanol–water partition coefficient (Wildman–Crippen LogP) is 3.09. The molecular formula is C10H9BrClN3. The van der Waals surface area contributed by atoms with Gasteiger partial charge < -0.3 is 5.32 Å². The summed E-state index contributed by atoms with van der Waals surface area (Å²) in [6.45, 7) is 0.771. The summed E-state index contributed by atoms with van der Waals surface area (Å²) in [6.07, 6.45) is 0. The van der Waals surface area contributed by atoms with Crippen molar-refractivity contribution in [2.24, 2.45) is 0 Å². The average molecular weight is 287 g/mol. The molecule has 0 unspecified atom stereocenters. The zero-order valence-electron chi connectivity index (χ0n) is 7.87. The Kier molecular flexibility index (Phi) is 3.38. The molecular weight excluding hydrogens is 277 g/mol. The fraction of sp³-hybridized carbons (Fsp3) is 0.200. The van der Waals surface area contributed by atoms with Crippen molar-refractivity contribution < 1.29 is 0 Å². The van der Waals surface area contributed by atoms with Gasteiger partial charge in [-0.15, -0.1) is 0 Å². The Labute approximate surface area is 101 Å². The summed E-state index contributed by atoms with van der Waals surface area (Å²) < 4.78 is 0. The predicted molar refractivity (Wildman–Crippen MR) is 66.8 cm³/mol. The fourth-order valence-electron chi connectivity index (χ4n) is 1.26. The Morgan fingerprint density at radius 2 is 1.87 bits per heavy atom. The molecule has 0 bridgehead atoms. The summed E-state index contributed by atoms with van der Waals surface area (Å²) in [4.78, 5) is 8.64. The normalized spacial score (nSPS) is 10.5. The summed E-state index contributed by atoms with van der Waals surface area (Å²) in [7, 11) is 0. The minimum atomic E-state index is 0.412. The monoisotopic (exact) mass is 285 g/mol. The van der Waals surface area contributed by atoms with Crippen molar-refractivity contribution in [2.45, 2.75) is 0 Å². The van der Waals surface area contributed by atoms with Gasteiger partial charge in [-0.05, 0) is 12.1 Å². The quantitative estimate of drug-likeness (QED) is 0.881. The van der Waals surface area contributed by atoms with E-state index in [0.717, 1.165) is 22.9 Å². The van der Waals surface area contributed by atoms with Gasteiger partial charge in [0.15, 0.2) is 11.0 Å². The molecule has 0 saturated heterocycles. The third-order valence-electron chi connectivity index (χ3n) is 1.91. The Morgan fingerprint density at radius 3 is 2.53 bits per heavy atom. The van der Waals surface area contributed by atoms with Gasteiger partial charge >= 0.3 is 0 Å². The minimum Gasteiger partial charge on any atom is -0.367 e. The van der Waals surface area contributed by atoms with Crippen molar-refractivity contribution in [1.82, 2.24) is 9.97 Å². The van der Waals surface area contributed by atoms with Crippen molar-refractivity contribution >= 4 is 44.4 Å². The molecule has 1 aromatic carbocycles. The van der Waals surface area contributed by atoms with Gasteiger partial charge in [0.05, 0.1) is 11.0 Å². The van der Waals surface area contributed by atoms with E-state index in [0.29, 0.717) is 11.0 Å². The highest BCUT2D eigenvalue weighted by Gasteiger charge is 2.04. The molecule has 2 rings (SSSR count). The smallest absolute Gasteiger partial charge is 0.172 e.